The first-order valence-electron chi connectivity index (χ1n) is 9.65. The van der Waals surface area contributed by atoms with Gasteiger partial charge in [0.1, 0.15) is 10.6 Å². The average molecular weight is 628 g/mol. The molecular weight excluding hydrogens is 613 g/mol. The van der Waals surface area contributed by atoms with Crippen molar-refractivity contribution in [3.05, 3.63) is 47.0 Å². The molecule has 0 bridgehead atoms. The molecule has 204 valence electrons. The maximum Gasteiger partial charge on any atom is 0.397 e. The van der Waals surface area contributed by atoms with E-state index in [9.17, 15) is 29.8 Å². The molecule has 16 nitrogen and oxygen atoms in total. The summed E-state index contributed by atoms with van der Waals surface area (Å²) in [7, 11) is -13.6. The van der Waals surface area contributed by atoms with Gasteiger partial charge >= 0.3 is 10.4 Å². The van der Waals surface area contributed by atoms with Gasteiger partial charge in [-0.2, -0.15) is 36.9 Å². The van der Waals surface area contributed by atoms with Crippen LogP contribution in [-0.4, -0.2) is 61.7 Å². The van der Waals surface area contributed by atoms with Crippen molar-refractivity contribution < 1.29 is 38.5 Å². The van der Waals surface area contributed by atoms with Gasteiger partial charge in [-0.25, -0.2) is 12.6 Å². The van der Waals surface area contributed by atoms with Gasteiger partial charge in [-0.05, 0) is 59.6 Å². The second-order valence-corrected chi connectivity index (χ2v) is 12.2. The van der Waals surface area contributed by atoms with E-state index in [1.54, 1.807) is 0 Å². The number of hydrogen-bond donors (Lipinski definition) is 4. The Hall–Kier alpha value is -3.04. The minimum Gasteiger partial charge on any atom is -0.397 e. The van der Waals surface area contributed by atoms with E-state index in [2.05, 4.69) is 34.7 Å². The van der Waals surface area contributed by atoms with Crippen LogP contribution in [0.1, 0.15) is 0 Å². The van der Waals surface area contributed by atoms with Crippen LogP contribution in [-0.2, 0) is 34.5 Å². The summed E-state index contributed by atoms with van der Waals surface area (Å²) in [5.41, 5.74) is 5.57. The number of aromatic nitrogens is 3. The molecule has 1 aromatic heterocycles. The van der Waals surface area contributed by atoms with Gasteiger partial charge in [0.15, 0.2) is 9.84 Å². The fourth-order valence-electron chi connectivity index (χ4n) is 2.68. The maximum absolute atomic E-state index is 12.2. The molecule has 0 amide bonds. The van der Waals surface area contributed by atoms with Gasteiger partial charge in [0.05, 0.1) is 34.3 Å². The summed E-state index contributed by atoms with van der Waals surface area (Å²) >= 11 is 11.4. The maximum atomic E-state index is 12.2. The highest BCUT2D eigenvalue weighted by atomic mass is 35.5. The van der Waals surface area contributed by atoms with E-state index < -0.39 is 47.6 Å². The summed E-state index contributed by atoms with van der Waals surface area (Å²) in [6.07, 6.45) is 0. The number of rotatable bonds is 10. The second kappa shape index (κ2) is 11.4. The van der Waals surface area contributed by atoms with Crippen LogP contribution >= 0.6 is 23.2 Å². The summed E-state index contributed by atoms with van der Waals surface area (Å²) < 4.78 is 91.7. The van der Waals surface area contributed by atoms with Crippen LogP contribution in [0.2, 0.25) is 10.6 Å². The quantitative estimate of drug-likeness (QED) is 0.143. The van der Waals surface area contributed by atoms with Crippen LogP contribution in [0.5, 0.6) is 0 Å². The number of hydrogen-bond acceptors (Lipinski definition) is 14. The Balaban J connectivity index is 1.85. The van der Waals surface area contributed by atoms with E-state index in [4.69, 9.17) is 33.5 Å². The molecule has 0 aliphatic rings. The highest BCUT2D eigenvalue weighted by Gasteiger charge is 2.20. The van der Waals surface area contributed by atoms with Crippen LogP contribution in [0.25, 0.3) is 0 Å². The first-order chi connectivity index (χ1) is 17.5. The fraction of sp³-hybridized carbons (Fsp3) is 0.118. The molecule has 21 heteroatoms. The summed E-state index contributed by atoms with van der Waals surface area (Å²) in [4.78, 5) is 10.2. The van der Waals surface area contributed by atoms with Gasteiger partial charge in [-0.3, -0.25) is 9.11 Å². The van der Waals surface area contributed by atoms with Crippen LogP contribution < -0.4 is 11.1 Å². The molecule has 5 N–H and O–H groups in total. The van der Waals surface area contributed by atoms with Gasteiger partial charge in [-0.1, -0.05) is 0 Å². The predicted octanol–water partition coefficient (Wildman–Crippen LogP) is 2.76. The summed E-state index contributed by atoms with van der Waals surface area (Å²) in [6.45, 7) is -0.795. The van der Waals surface area contributed by atoms with Gasteiger partial charge in [0, 0.05) is 0 Å². The Morgan fingerprint density at radius 2 is 1.53 bits per heavy atom. The fourth-order valence-corrected chi connectivity index (χ4v) is 5.18. The number of benzene rings is 2. The molecule has 0 fully saturated rings. The lowest BCUT2D eigenvalue weighted by Gasteiger charge is -2.11. The molecule has 0 radical (unpaired) electrons. The zero-order valence-electron chi connectivity index (χ0n) is 18.4. The molecule has 2 aromatic carbocycles. The standard InChI is InChI=1S/C17H15Cl2N7O9S3/c18-15-22-16(19)24-17(23-15)21-13-7-11(20)12(8-14(13)37(29,30)31)26-25-9-1-3-10(4-2-9)36(27,28)6-5-35-38(32,33)34/h1-4,7-8H,5-6,20H2,(H,29,30,31)(H,32,33,34)(H,21,22,23,24). The van der Waals surface area contributed by atoms with E-state index in [1.807, 2.05) is 0 Å². The number of azo groups is 1. The normalized spacial score (nSPS) is 12.6. The molecule has 3 rings (SSSR count). The Morgan fingerprint density at radius 3 is 2.08 bits per heavy atom. The molecule has 0 atom stereocenters. The Morgan fingerprint density at radius 1 is 0.921 bits per heavy atom. The van der Waals surface area contributed by atoms with Crippen molar-refractivity contribution >= 4 is 82.3 Å². The van der Waals surface area contributed by atoms with E-state index in [0.717, 1.165) is 24.3 Å². The monoisotopic (exact) mass is 627 g/mol. The average Bonchev–Trinajstić information content (AvgIpc) is 2.76. The lowest BCUT2D eigenvalue weighted by atomic mass is 10.2. The second-order valence-electron chi connectivity index (χ2n) is 6.97. The molecule has 0 unspecified atom stereocenters. The van der Waals surface area contributed by atoms with Crippen molar-refractivity contribution in [1.82, 2.24) is 15.0 Å². The van der Waals surface area contributed by atoms with Gasteiger partial charge in [0.2, 0.25) is 16.5 Å². The largest absolute Gasteiger partial charge is 0.397 e. The van der Waals surface area contributed by atoms with Crippen molar-refractivity contribution in [2.45, 2.75) is 9.79 Å². The highest BCUT2D eigenvalue weighted by molar-refractivity contribution is 7.91. The molecule has 1 heterocycles. The Labute approximate surface area is 225 Å². The number of nitrogen functional groups attached to an aromatic ring is 1. The number of halogens is 2. The number of anilines is 3. The minimum absolute atomic E-state index is 0.0899. The molecule has 0 saturated carbocycles. The van der Waals surface area contributed by atoms with Gasteiger partial charge < -0.3 is 11.1 Å². The van der Waals surface area contributed by atoms with Crippen molar-refractivity contribution in [1.29, 1.82) is 0 Å². The molecule has 0 saturated heterocycles. The van der Waals surface area contributed by atoms with Crippen LogP contribution in [0.4, 0.5) is 28.7 Å². The molecule has 0 spiro atoms. The van der Waals surface area contributed by atoms with Gasteiger partial charge in [-0.15, -0.1) is 5.11 Å². The Kier molecular flexibility index (Phi) is 8.83. The van der Waals surface area contributed by atoms with Crippen LogP contribution in [0.15, 0.2) is 56.4 Å². The summed E-state index contributed by atoms with van der Waals surface area (Å²) in [5.74, 6) is -0.973. The minimum atomic E-state index is -4.82. The number of nitrogens with zero attached hydrogens (tertiary/aromatic N) is 5. The van der Waals surface area contributed by atoms with Crippen LogP contribution in [0, 0.1) is 0 Å². The number of sulfone groups is 1. The number of nitrogens with one attached hydrogen (secondary N) is 1. The van der Waals surface area contributed by atoms with E-state index in [-0.39, 0.29) is 44.2 Å². The van der Waals surface area contributed by atoms with Crippen LogP contribution in [0.3, 0.4) is 0 Å². The molecule has 0 aliphatic carbocycles. The number of nitrogens with two attached hydrogens (primary N) is 1. The molecule has 3 aromatic rings. The van der Waals surface area contributed by atoms with Crippen molar-refractivity contribution in [2.75, 3.05) is 23.4 Å². The lowest BCUT2D eigenvalue weighted by molar-refractivity contribution is 0.284. The molecular formula is C17H15Cl2N7O9S3. The third-order valence-electron chi connectivity index (χ3n) is 4.29. The van der Waals surface area contributed by atoms with Crippen molar-refractivity contribution in [3.63, 3.8) is 0 Å². The van der Waals surface area contributed by atoms with E-state index >= 15 is 0 Å². The summed E-state index contributed by atoms with van der Waals surface area (Å²) in [5, 5.41) is 9.64. The summed E-state index contributed by atoms with van der Waals surface area (Å²) in [6, 6.07) is 6.83. The lowest BCUT2D eigenvalue weighted by Crippen LogP contribution is -2.15. The van der Waals surface area contributed by atoms with Crippen molar-refractivity contribution in [2.24, 2.45) is 10.2 Å². The first kappa shape index (κ1) is 29.5. The first-order valence-corrected chi connectivity index (χ1v) is 14.9. The predicted molar refractivity (Wildman–Crippen MR) is 134 cm³/mol. The topological polar surface area (TPSA) is 254 Å². The zero-order valence-corrected chi connectivity index (χ0v) is 22.4. The molecule has 0 aliphatic heterocycles. The smallest absolute Gasteiger partial charge is 0.397 e. The zero-order chi connectivity index (χ0) is 28.3. The third-order valence-corrected chi connectivity index (χ3v) is 7.68. The van der Waals surface area contributed by atoms with E-state index in [0.29, 0.717) is 0 Å². The van der Waals surface area contributed by atoms with Crippen molar-refractivity contribution in [3.8, 4) is 0 Å². The van der Waals surface area contributed by atoms with E-state index in [1.165, 1.54) is 12.1 Å². The highest BCUT2D eigenvalue weighted by Crippen LogP contribution is 2.35. The third kappa shape index (κ3) is 8.23. The van der Waals surface area contributed by atoms with Gasteiger partial charge in [0.25, 0.3) is 10.1 Å². The SMILES string of the molecule is Nc1cc(Nc2nc(Cl)nc(Cl)n2)c(S(=O)(=O)O)cc1N=Nc1ccc(S(=O)(=O)CCOS(=O)(=O)O)cc1. The molecule has 38 heavy (non-hydrogen) atoms. The Bertz CT molecular complexity index is 1700.